The summed E-state index contributed by atoms with van der Waals surface area (Å²) in [6, 6.07) is 7.43. The standard InChI is InChI=1S/C17H26N2O3.ClH/c1-21-14-6-8-15(9-7-14)22-12-4-5-16(20)19-17(13-18)10-2-3-11-17;/h6-9H,2-5,10-13,18H2,1H3,(H,19,20);1H. The highest BCUT2D eigenvalue weighted by Gasteiger charge is 2.33. The van der Waals surface area contributed by atoms with Crippen molar-refractivity contribution in [2.45, 2.75) is 44.1 Å². The fraction of sp³-hybridized carbons (Fsp3) is 0.588. The number of carbonyl (C=O) groups excluding carboxylic acids is 1. The van der Waals surface area contributed by atoms with Crippen LogP contribution in [-0.4, -0.2) is 31.7 Å². The number of halogens is 1. The van der Waals surface area contributed by atoms with Crippen molar-refractivity contribution in [1.82, 2.24) is 5.32 Å². The second-order valence-corrected chi connectivity index (χ2v) is 5.87. The minimum atomic E-state index is -0.159. The van der Waals surface area contributed by atoms with Crippen LogP contribution in [0.2, 0.25) is 0 Å². The Morgan fingerprint density at radius 3 is 2.39 bits per heavy atom. The number of benzene rings is 1. The van der Waals surface area contributed by atoms with E-state index in [4.69, 9.17) is 15.2 Å². The zero-order valence-corrected chi connectivity index (χ0v) is 14.5. The lowest BCUT2D eigenvalue weighted by Gasteiger charge is -2.28. The number of carbonyl (C=O) groups is 1. The second kappa shape index (κ2) is 9.63. The number of ether oxygens (including phenoxy) is 2. The zero-order valence-electron chi connectivity index (χ0n) is 13.7. The summed E-state index contributed by atoms with van der Waals surface area (Å²) in [7, 11) is 1.63. The van der Waals surface area contributed by atoms with Gasteiger partial charge in [-0.15, -0.1) is 12.4 Å². The summed E-state index contributed by atoms with van der Waals surface area (Å²) >= 11 is 0. The van der Waals surface area contributed by atoms with Crippen LogP contribution in [-0.2, 0) is 4.79 Å². The first-order valence-electron chi connectivity index (χ1n) is 7.95. The van der Waals surface area contributed by atoms with Gasteiger partial charge in [0.25, 0.3) is 0 Å². The first kappa shape index (κ1) is 19.6. The van der Waals surface area contributed by atoms with Crippen LogP contribution < -0.4 is 20.5 Å². The number of rotatable bonds is 8. The Balaban J connectivity index is 0.00000264. The minimum Gasteiger partial charge on any atom is -0.497 e. The zero-order chi connectivity index (χ0) is 15.8. The third-order valence-corrected chi connectivity index (χ3v) is 4.23. The first-order chi connectivity index (χ1) is 10.7. The molecule has 1 aliphatic rings. The fourth-order valence-electron chi connectivity index (χ4n) is 2.88. The van der Waals surface area contributed by atoms with Crippen molar-refractivity contribution in [3.05, 3.63) is 24.3 Å². The molecule has 0 aliphatic heterocycles. The molecule has 0 spiro atoms. The predicted octanol–water partition coefficient (Wildman–Crippen LogP) is 2.66. The van der Waals surface area contributed by atoms with Crippen LogP contribution in [0.15, 0.2) is 24.3 Å². The smallest absolute Gasteiger partial charge is 0.220 e. The van der Waals surface area contributed by atoms with Gasteiger partial charge in [-0.25, -0.2) is 0 Å². The van der Waals surface area contributed by atoms with E-state index >= 15 is 0 Å². The monoisotopic (exact) mass is 342 g/mol. The van der Waals surface area contributed by atoms with Crippen molar-refractivity contribution in [3.63, 3.8) is 0 Å². The molecule has 23 heavy (non-hydrogen) atoms. The lowest BCUT2D eigenvalue weighted by atomic mass is 9.97. The lowest BCUT2D eigenvalue weighted by Crippen LogP contribution is -2.51. The summed E-state index contributed by atoms with van der Waals surface area (Å²) < 4.78 is 10.7. The van der Waals surface area contributed by atoms with Gasteiger partial charge in [-0.1, -0.05) is 12.8 Å². The molecule has 1 saturated carbocycles. The minimum absolute atomic E-state index is 0. The molecule has 1 aliphatic carbocycles. The Labute approximate surface area is 144 Å². The van der Waals surface area contributed by atoms with E-state index in [2.05, 4.69) is 5.32 Å². The van der Waals surface area contributed by atoms with Crippen LogP contribution in [0.1, 0.15) is 38.5 Å². The Morgan fingerprint density at radius 2 is 1.83 bits per heavy atom. The second-order valence-electron chi connectivity index (χ2n) is 5.87. The molecule has 1 amide bonds. The molecule has 1 aromatic rings. The Kier molecular flexibility index (Phi) is 8.20. The molecule has 6 heteroatoms. The van der Waals surface area contributed by atoms with Crippen molar-refractivity contribution in [2.75, 3.05) is 20.3 Å². The van der Waals surface area contributed by atoms with Gasteiger partial charge in [0.1, 0.15) is 11.5 Å². The summed E-state index contributed by atoms with van der Waals surface area (Å²) in [5, 5.41) is 3.12. The van der Waals surface area contributed by atoms with E-state index in [1.54, 1.807) is 7.11 Å². The van der Waals surface area contributed by atoms with Gasteiger partial charge in [0.15, 0.2) is 0 Å². The number of nitrogens with two attached hydrogens (primary N) is 1. The third kappa shape index (κ3) is 5.92. The molecule has 2 rings (SSSR count). The summed E-state index contributed by atoms with van der Waals surface area (Å²) in [4.78, 5) is 12.0. The van der Waals surface area contributed by atoms with Crippen LogP contribution in [0.5, 0.6) is 11.5 Å². The lowest BCUT2D eigenvalue weighted by molar-refractivity contribution is -0.123. The summed E-state index contributed by atoms with van der Waals surface area (Å²) in [5.74, 6) is 1.66. The number of nitrogens with one attached hydrogen (secondary N) is 1. The van der Waals surface area contributed by atoms with Crippen molar-refractivity contribution < 1.29 is 14.3 Å². The highest BCUT2D eigenvalue weighted by Crippen LogP contribution is 2.28. The normalized spacial score (nSPS) is 15.6. The van der Waals surface area contributed by atoms with Gasteiger partial charge in [-0.2, -0.15) is 0 Å². The summed E-state index contributed by atoms with van der Waals surface area (Å²) in [6.07, 6.45) is 5.46. The molecule has 3 N–H and O–H groups in total. The average molecular weight is 343 g/mol. The molecule has 0 aromatic heterocycles. The van der Waals surface area contributed by atoms with E-state index in [1.807, 2.05) is 24.3 Å². The fourth-order valence-corrected chi connectivity index (χ4v) is 2.88. The highest BCUT2D eigenvalue weighted by atomic mass is 35.5. The molecule has 0 bridgehead atoms. The molecule has 0 unspecified atom stereocenters. The highest BCUT2D eigenvalue weighted by molar-refractivity contribution is 5.85. The van der Waals surface area contributed by atoms with Gasteiger partial charge in [0.05, 0.1) is 19.3 Å². The molecule has 0 radical (unpaired) electrons. The van der Waals surface area contributed by atoms with Gasteiger partial charge in [-0.05, 0) is 43.5 Å². The van der Waals surface area contributed by atoms with Crippen LogP contribution in [0, 0.1) is 0 Å². The molecule has 0 atom stereocenters. The molecular formula is C17H27ClN2O3. The number of hydrogen-bond donors (Lipinski definition) is 2. The van der Waals surface area contributed by atoms with Crippen molar-refractivity contribution in [2.24, 2.45) is 5.73 Å². The summed E-state index contributed by atoms with van der Waals surface area (Å²) in [6.45, 7) is 1.05. The molecule has 0 heterocycles. The number of methoxy groups -OCH3 is 1. The number of hydrogen-bond acceptors (Lipinski definition) is 4. The van der Waals surface area contributed by atoms with E-state index in [1.165, 1.54) is 0 Å². The van der Waals surface area contributed by atoms with Gasteiger partial charge >= 0.3 is 0 Å². The Morgan fingerprint density at radius 1 is 1.22 bits per heavy atom. The number of amides is 1. The van der Waals surface area contributed by atoms with Crippen LogP contribution >= 0.6 is 12.4 Å². The molecule has 1 aromatic carbocycles. The SMILES string of the molecule is COc1ccc(OCCCC(=O)NC2(CN)CCCC2)cc1.Cl. The summed E-state index contributed by atoms with van der Waals surface area (Å²) in [5.41, 5.74) is 5.66. The van der Waals surface area contributed by atoms with Gasteiger partial charge in [0.2, 0.25) is 5.91 Å². The van der Waals surface area contributed by atoms with E-state index in [0.29, 0.717) is 26.0 Å². The molecule has 1 fully saturated rings. The first-order valence-corrected chi connectivity index (χ1v) is 7.95. The van der Waals surface area contributed by atoms with E-state index in [-0.39, 0.29) is 23.9 Å². The van der Waals surface area contributed by atoms with E-state index in [9.17, 15) is 4.79 Å². The van der Waals surface area contributed by atoms with Gasteiger partial charge in [0, 0.05) is 13.0 Å². The van der Waals surface area contributed by atoms with Crippen molar-refractivity contribution in [3.8, 4) is 11.5 Å². The topological polar surface area (TPSA) is 73.6 Å². The molecule has 5 nitrogen and oxygen atoms in total. The van der Waals surface area contributed by atoms with E-state index < -0.39 is 0 Å². The van der Waals surface area contributed by atoms with Gasteiger partial charge in [-0.3, -0.25) is 4.79 Å². The molecule has 0 saturated heterocycles. The van der Waals surface area contributed by atoms with Gasteiger partial charge < -0.3 is 20.5 Å². The quantitative estimate of drug-likeness (QED) is 0.712. The van der Waals surface area contributed by atoms with Crippen molar-refractivity contribution in [1.29, 1.82) is 0 Å². The van der Waals surface area contributed by atoms with Crippen LogP contribution in [0.4, 0.5) is 0 Å². The third-order valence-electron chi connectivity index (χ3n) is 4.23. The van der Waals surface area contributed by atoms with Crippen LogP contribution in [0.25, 0.3) is 0 Å². The maximum absolute atomic E-state index is 12.0. The Hall–Kier alpha value is -1.46. The maximum Gasteiger partial charge on any atom is 0.220 e. The largest absolute Gasteiger partial charge is 0.497 e. The van der Waals surface area contributed by atoms with Crippen molar-refractivity contribution >= 4 is 18.3 Å². The maximum atomic E-state index is 12.0. The molecular weight excluding hydrogens is 316 g/mol. The predicted molar refractivity (Wildman–Crippen MR) is 93.4 cm³/mol. The van der Waals surface area contributed by atoms with E-state index in [0.717, 1.165) is 37.2 Å². The Bertz CT molecular complexity index is 473. The average Bonchev–Trinajstić information content (AvgIpc) is 3.01. The van der Waals surface area contributed by atoms with Crippen LogP contribution in [0.3, 0.4) is 0 Å². The molecule has 130 valence electrons.